The molecule has 0 atom stereocenters. The monoisotopic (exact) mass is 219 g/mol. The molecule has 6 heteroatoms. The summed E-state index contributed by atoms with van der Waals surface area (Å²) >= 11 is 0. The smallest absolute Gasteiger partial charge is 0.271 e. The van der Waals surface area contributed by atoms with Crippen LogP contribution in [0.25, 0.3) is 0 Å². The number of phenolic OH excluding ortho intramolecular Hbond substituents is 1. The number of nitrogens with zero attached hydrogens (tertiary/aromatic N) is 1. The molecule has 16 heavy (non-hydrogen) atoms. The number of aldehydes is 2. The Morgan fingerprint density at radius 3 is 2.56 bits per heavy atom. The van der Waals surface area contributed by atoms with Crippen molar-refractivity contribution in [2.24, 2.45) is 0 Å². The van der Waals surface area contributed by atoms with E-state index >= 15 is 0 Å². The first-order chi connectivity index (χ1) is 7.60. The Kier molecular flexibility index (Phi) is 3.35. The quantitative estimate of drug-likeness (QED) is 0.341. The fourth-order valence-electron chi connectivity index (χ4n) is 1.04. The first kappa shape index (κ1) is 11.4. The maximum atomic E-state index is 10.5. The minimum absolute atomic E-state index is 0.136. The fourth-order valence-corrected chi connectivity index (χ4v) is 1.04. The van der Waals surface area contributed by atoms with Crippen LogP contribution in [0.2, 0.25) is 0 Å². The van der Waals surface area contributed by atoms with Crippen molar-refractivity contribution in [2.75, 3.05) is 0 Å². The summed E-state index contributed by atoms with van der Waals surface area (Å²) < 4.78 is 0. The van der Waals surface area contributed by atoms with Gasteiger partial charge in [-0.1, -0.05) is 5.92 Å². The van der Waals surface area contributed by atoms with Crippen LogP contribution >= 0.6 is 0 Å². The summed E-state index contributed by atoms with van der Waals surface area (Å²) in [6.45, 7) is 0. The van der Waals surface area contributed by atoms with Gasteiger partial charge in [0.25, 0.3) is 5.69 Å². The Morgan fingerprint density at radius 1 is 1.38 bits per heavy atom. The second-order valence-corrected chi connectivity index (χ2v) is 2.69. The number of nitro benzene ring substituents is 1. The highest BCUT2D eigenvalue weighted by atomic mass is 16.6. The van der Waals surface area contributed by atoms with Gasteiger partial charge in [-0.25, -0.2) is 0 Å². The van der Waals surface area contributed by atoms with Crippen LogP contribution in [0, 0.1) is 22.0 Å². The van der Waals surface area contributed by atoms with Crippen LogP contribution in [0.4, 0.5) is 5.69 Å². The van der Waals surface area contributed by atoms with Crippen LogP contribution in [-0.4, -0.2) is 22.6 Å². The lowest BCUT2D eigenvalue weighted by atomic mass is 10.1. The Balaban J connectivity index is 3.46. The Morgan fingerprint density at radius 2 is 2.06 bits per heavy atom. The van der Waals surface area contributed by atoms with Crippen molar-refractivity contribution in [3.8, 4) is 17.6 Å². The molecule has 0 aliphatic carbocycles. The summed E-state index contributed by atoms with van der Waals surface area (Å²) in [6.07, 6.45) is 0.549. The largest absolute Gasteiger partial charge is 0.506 e. The van der Waals surface area contributed by atoms with Crippen LogP contribution in [0.3, 0.4) is 0 Å². The van der Waals surface area contributed by atoms with E-state index in [1.165, 1.54) is 0 Å². The van der Waals surface area contributed by atoms with Gasteiger partial charge < -0.3 is 5.11 Å². The van der Waals surface area contributed by atoms with Crippen LogP contribution in [0.5, 0.6) is 5.75 Å². The molecule has 1 rings (SSSR count). The van der Waals surface area contributed by atoms with Gasteiger partial charge in [-0.3, -0.25) is 19.7 Å². The van der Waals surface area contributed by atoms with Gasteiger partial charge in [0, 0.05) is 12.1 Å². The number of hydrogen-bond acceptors (Lipinski definition) is 5. The maximum absolute atomic E-state index is 10.5. The molecule has 1 N–H and O–H groups in total. The van der Waals surface area contributed by atoms with E-state index in [1.807, 2.05) is 5.92 Å². The zero-order valence-electron chi connectivity index (χ0n) is 7.84. The van der Waals surface area contributed by atoms with Crippen LogP contribution < -0.4 is 0 Å². The molecule has 0 aromatic heterocycles. The maximum Gasteiger partial charge on any atom is 0.271 e. The van der Waals surface area contributed by atoms with E-state index in [4.69, 9.17) is 0 Å². The van der Waals surface area contributed by atoms with Crippen molar-refractivity contribution < 1.29 is 19.6 Å². The van der Waals surface area contributed by atoms with E-state index < -0.39 is 10.7 Å². The highest BCUT2D eigenvalue weighted by Crippen LogP contribution is 2.26. The van der Waals surface area contributed by atoms with Crippen molar-refractivity contribution in [3.05, 3.63) is 33.4 Å². The summed E-state index contributed by atoms with van der Waals surface area (Å²) in [4.78, 5) is 30.3. The van der Waals surface area contributed by atoms with Gasteiger partial charge in [-0.15, -0.1) is 0 Å². The van der Waals surface area contributed by atoms with Crippen molar-refractivity contribution in [3.63, 3.8) is 0 Å². The number of hydrogen-bond donors (Lipinski definition) is 1. The summed E-state index contributed by atoms with van der Waals surface area (Å²) in [5.74, 6) is 3.72. The standard InChI is InChI=1S/C10H5NO5/c12-3-1-2-7-4-9(11(15)16)5-8(6-13)10(7)14/h3-6,14H. The Labute approximate surface area is 89.7 Å². The number of benzene rings is 1. The predicted molar refractivity (Wildman–Crippen MR) is 53.1 cm³/mol. The average molecular weight is 219 g/mol. The second-order valence-electron chi connectivity index (χ2n) is 2.69. The molecule has 1 aromatic rings. The number of rotatable bonds is 2. The molecule has 0 saturated carbocycles. The Hall–Kier alpha value is -2.68. The number of non-ortho nitro benzene ring substituents is 1. The third-order valence-corrected chi connectivity index (χ3v) is 1.73. The lowest BCUT2D eigenvalue weighted by molar-refractivity contribution is -0.384. The normalized spacial score (nSPS) is 8.75. The average Bonchev–Trinajstić information content (AvgIpc) is 2.27. The van der Waals surface area contributed by atoms with Gasteiger partial charge in [0.05, 0.1) is 16.1 Å². The van der Waals surface area contributed by atoms with Crippen molar-refractivity contribution in [1.82, 2.24) is 0 Å². The summed E-state index contributed by atoms with van der Waals surface area (Å²) in [5, 5.41) is 19.9. The van der Waals surface area contributed by atoms with Gasteiger partial charge in [-0.2, -0.15) is 0 Å². The minimum atomic E-state index is -0.724. The molecule has 0 fully saturated rings. The fraction of sp³-hybridized carbons (Fsp3) is 0. The molecular weight excluding hydrogens is 214 g/mol. The van der Waals surface area contributed by atoms with E-state index in [-0.39, 0.29) is 29.4 Å². The second kappa shape index (κ2) is 4.70. The lowest BCUT2D eigenvalue weighted by Crippen LogP contribution is -1.93. The zero-order valence-corrected chi connectivity index (χ0v) is 7.84. The number of nitro groups is 1. The lowest BCUT2D eigenvalue weighted by Gasteiger charge is -2.00. The van der Waals surface area contributed by atoms with Crippen molar-refractivity contribution >= 4 is 18.3 Å². The molecular formula is C10H5NO5. The van der Waals surface area contributed by atoms with Gasteiger partial charge in [0.2, 0.25) is 0 Å². The first-order valence-corrected chi connectivity index (χ1v) is 4.02. The zero-order chi connectivity index (χ0) is 12.1. The van der Waals surface area contributed by atoms with E-state index in [9.17, 15) is 24.8 Å². The van der Waals surface area contributed by atoms with Crippen molar-refractivity contribution in [2.45, 2.75) is 0 Å². The first-order valence-electron chi connectivity index (χ1n) is 4.02. The van der Waals surface area contributed by atoms with E-state index in [1.54, 1.807) is 0 Å². The van der Waals surface area contributed by atoms with E-state index in [0.717, 1.165) is 12.1 Å². The van der Waals surface area contributed by atoms with Crippen LogP contribution in [0.15, 0.2) is 12.1 Å². The highest BCUT2D eigenvalue weighted by molar-refractivity contribution is 5.83. The van der Waals surface area contributed by atoms with Gasteiger partial charge in [0.1, 0.15) is 5.75 Å². The molecule has 0 saturated heterocycles. The Bertz CT molecular complexity index is 524. The number of carbonyl (C=O) groups is 2. The van der Waals surface area contributed by atoms with Gasteiger partial charge >= 0.3 is 0 Å². The molecule has 0 spiro atoms. The van der Waals surface area contributed by atoms with E-state index in [2.05, 4.69) is 5.92 Å². The molecule has 0 aliphatic heterocycles. The molecule has 0 bridgehead atoms. The summed E-state index contributed by atoms with van der Waals surface area (Å²) in [6, 6.07) is 1.91. The number of phenols is 1. The number of carbonyl (C=O) groups excluding carboxylic acids is 2. The molecule has 0 aliphatic rings. The minimum Gasteiger partial charge on any atom is -0.506 e. The van der Waals surface area contributed by atoms with Crippen LogP contribution in [0.1, 0.15) is 15.9 Å². The van der Waals surface area contributed by atoms with Crippen LogP contribution in [-0.2, 0) is 4.79 Å². The molecule has 0 unspecified atom stereocenters. The number of aromatic hydroxyl groups is 1. The molecule has 0 heterocycles. The summed E-state index contributed by atoms with van der Waals surface area (Å²) in [7, 11) is 0. The van der Waals surface area contributed by atoms with Crippen molar-refractivity contribution in [1.29, 1.82) is 0 Å². The molecule has 1 aromatic carbocycles. The molecule has 6 nitrogen and oxygen atoms in total. The van der Waals surface area contributed by atoms with Gasteiger partial charge in [0.15, 0.2) is 12.6 Å². The molecule has 80 valence electrons. The van der Waals surface area contributed by atoms with Gasteiger partial charge in [-0.05, 0) is 5.92 Å². The molecule has 0 radical (unpaired) electrons. The predicted octanol–water partition coefficient (Wildman–Crippen LogP) is 0.663. The van der Waals surface area contributed by atoms with E-state index in [0.29, 0.717) is 0 Å². The third-order valence-electron chi connectivity index (χ3n) is 1.73. The summed E-state index contributed by atoms with van der Waals surface area (Å²) in [5.41, 5.74) is -0.761. The third kappa shape index (κ3) is 2.22. The molecule has 0 amide bonds. The SMILES string of the molecule is O=CC#Cc1cc([N+](=O)[O-])cc(C=O)c1O. The topological polar surface area (TPSA) is 97.5 Å². The highest BCUT2D eigenvalue weighted by Gasteiger charge is 2.14.